The minimum absolute atomic E-state index is 0.0329. The van der Waals surface area contributed by atoms with E-state index < -0.39 is 0 Å². The Hall–Kier alpha value is -1.26. The molecule has 0 saturated heterocycles. The molecule has 2 atom stereocenters. The molecule has 0 aliphatic rings. The molecule has 0 aromatic heterocycles. The summed E-state index contributed by atoms with van der Waals surface area (Å²) >= 11 is 0. The molecule has 3 N–H and O–H groups in total. The Labute approximate surface area is 109 Å². The molecule has 0 aliphatic carbocycles. The summed E-state index contributed by atoms with van der Waals surface area (Å²) in [4.78, 5) is 0. The first-order chi connectivity index (χ1) is 8.43. The Morgan fingerprint density at radius 1 is 1.11 bits per heavy atom. The molecule has 0 aliphatic heterocycles. The molecule has 0 fully saturated rings. The third-order valence-corrected chi connectivity index (χ3v) is 3.04. The first-order valence-corrected chi connectivity index (χ1v) is 6.22. The number of aromatic hydroxyl groups is 2. The van der Waals surface area contributed by atoms with Crippen molar-refractivity contribution in [2.45, 2.75) is 32.9 Å². The van der Waals surface area contributed by atoms with Crippen LogP contribution in [0.1, 0.15) is 32.4 Å². The van der Waals surface area contributed by atoms with Crippen molar-refractivity contribution in [3.63, 3.8) is 0 Å². The first-order valence-electron chi connectivity index (χ1n) is 6.22. The monoisotopic (exact) mass is 253 g/mol. The highest BCUT2D eigenvalue weighted by Gasteiger charge is 2.17. The molecule has 18 heavy (non-hydrogen) atoms. The van der Waals surface area contributed by atoms with Gasteiger partial charge in [-0.2, -0.15) is 0 Å². The highest BCUT2D eigenvalue weighted by atomic mass is 16.5. The predicted molar refractivity (Wildman–Crippen MR) is 71.8 cm³/mol. The van der Waals surface area contributed by atoms with Gasteiger partial charge in [0.05, 0.1) is 6.61 Å². The normalized spacial score (nSPS) is 14.7. The number of nitrogens with one attached hydrogen (secondary N) is 1. The summed E-state index contributed by atoms with van der Waals surface area (Å²) in [5, 5.41) is 22.4. The Bertz CT molecular complexity index is 359. The second kappa shape index (κ2) is 6.61. The van der Waals surface area contributed by atoms with Crippen LogP contribution in [0.3, 0.4) is 0 Å². The average molecular weight is 253 g/mol. The second-order valence-corrected chi connectivity index (χ2v) is 4.98. The number of phenols is 2. The summed E-state index contributed by atoms with van der Waals surface area (Å²) in [6, 6.07) is 4.90. The van der Waals surface area contributed by atoms with Crippen molar-refractivity contribution in [3.05, 3.63) is 23.8 Å². The zero-order valence-electron chi connectivity index (χ0n) is 11.5. The van der Waals surface area contributed by atoms with E-state index in [0.717, 1.165) is 5.56 Å². The molecule has 1 aromatic carbocycles. The Kier molecular flexibility index (Phi) is 5.44. The van der Waals surface area contributed by atoms with Gasteiger partial charge in [-0.1, -0.05) is 13.8 Å². The fraction of sp³-hybridized carbons (Fsp3) is 0.571. The van der Waals surface area contributed by atoms with E-state index in [1.54, 1.807) is 19.2 Å². The van der Waals surface area contributed by atoms with E-state index in [4.69, 9.17) is 4.74 Å². The molecule has 0 radical (unpaired) electrons. The molecule has 1 aromatic rings. The zero-order chi connectivity index (χ0) is 13.7. The lowest BCUT2D eigenvalue weighted by Gasteiger charge is -2.26. The van der Waals surface area contributed by atoms with E-state index in [1.807, 2.05) is 6.92 Å². The van der Waals surface area contributed by atoms with E-state index in [9.17, 15) is 10.2 Å². The molecule has 0 bridgehead atoms. The van der Waals surface area contributed by atoms with E-state index >= 15 is 0 Å². The first kappa shape index (κ1) is 14.8. The van der Waals surface area contributed by atoms with Gasteiger partial charge in [0.1, 0.15) is 11.5 Å². The molecule has 102 valence electrons. The maximum absolute atomic E-state index is 9.48. The number of benzene rings is 1. The number of ether oxygens (including phenoxy) is 1. The molecular weight excluding hydrogens is 230 g/mol. The topological polar surface area (TPSA) is 61.7 Å². The number of hydrogen-bond donors (Lipinski definition) is 3. The van der Waals surface area contributed by atoms with Crippen molar-refractivity contribution in [1.82, 2.24) is 5.32 Å². The van der Waals surface area contributed by atoms with Gasteiger partial charge in [0, 0.05) is 25.3 Å². The van der Waals surface area contributed by atoms with Crippen LogP contribution in [0.4, 0.5) is 0 Å². The summed E-state index contributed by atoms with van der Waals surface area (Å²) in [6.07, 6.45) is 0. The van der Waals surface area contributed by atoms with Crippen LogP contribution in [0.15, 0.2) is 18.2 Å². The van der Waals surface area contributed by atoms with Gasteiger partial charge in [-0.05, 0) is 30.5 Å². The van der Waals surface area contributed by atoms with Gasteiger partial charge in [0.2, 0.25) is 0 Å². The third kappa shape index (κ3) is 4.20. The molecular formula is C14H23NO3. The summed E-state index contributed by atoms with van der Waals surface area (Å²) in [5.41, 5.74) is 0.856. The van der Waals surface area contributed by atoms with Crippen LogP contribution in [0, 0.1) is 5.92 Å². The van der Waals surface area contributed by atoms with Crippen LogP contribution in [0.5, 0.6) is 11.5 Å². The van der Waals surface area contributed by atoms with Crippen molar-refractivity contribution in [2.75, 3.05) is 13.7 Å². The van der Waals surface area contributed by atoms with Crippen LogP contribution in [-0.4, -0.2) is 30.0 Å². The maximum atomic E-state index is 9.48. The van der Waals surface area contributed by atoms with E-state index in [0.29, 0.717) is 12.5 Å². The molecule has 2 unspecified atom stereocenters. The summed E-state index contributed by atoms with van der Waals surface area (Å²) in [6.45, 7) is 6.89. The SMILES string of the molecule is COCC(NC(C)c1cc(O)cc(O)c1)C(C)C. The van der Waals surface area contributed by atoms with Crippen molar-refractivity contribution in [3.8, 4) is 11.5 Å². The van der Waals surface area contributed by atoms with Crippen LogP contribution < -0.4 is 5.32 Å². The van der Waals surface area contributed by atoms with Gasteiger partial charge < -0.3 is 20.3 Å². The minimum atomic E-state index is 0.0329. The van der Waals surface area contributed by atoms with Crippen LogP contribution in [0.25, 0.3) is 0 Å². The Balaban J connectivity index is 2.76. The number of phenolic OH excluding ortho intramolecular Hbond substituents is 2. The molecule has 4 nitrogen and oxygen atoms in total. The fourth-order valence-corrected chi connectivity index (χ4v) is 1.90. The van der Waals surface area contributed by atoms with Crippen LogP contribution >= 0.6 is 0 Å². The van der Waals surface area contributed by atoms with E-state index in [1.165, 1.54) is 6.07 Å². The average Bonchev–Trinajstić information content (AvgIpc) is 2.26. The fourth-order valence-electron chi connectivity index (χ4n) is 1.90. The standard InChI is InChI=1S/C14H23NO3/c1-9(2)14(8-18-4)15-10(3)11-5-12(16)7-13(17)6-11/h5-7,9-10,14-17H,8H2,1-4H3. The van der Waals surface area contributed by atoms with Gasteiger partial charge in [-0.15, -0.1) is 0 Å². The summed E-state index contributed by atoms with van der Waals surface area (Å²) < 4.78 is 5.19. The summed E-state index contributed by atoms with van der Waals surface area (Å²) in [5.74, 6) is 0.594. The predicted octanol–water partition coefficient (Wildman–Crippen LogP) is 2.42. The van der Waals surface area contributed by atoms with Crippen molar-refractivity contribution < 1.29 is 14.9 Å². The lowest BCUT2D eigenvalue weighted by atomic mass is 10.0. The highest BCUT2D eigenvalue weighted by Crippen LogP contribution is 2.25. The van der Waals surface area contributed by atoms with Gasteiger partial charge >= 0.3 is 0 Å². The van der Waals surface area contributed by atoms with Gasteiger partial charge in [-0.25, -0.2) is 0 Å². The van der Waals surface area contributed by atoms with Crippen molar-refractivity contribution >= 4 is 0 Å². The summed E-state index contributed by atoms with van der Waals surface area (Å²) in [7, 11) is 1.68. The van der Waals surface area contributed by atoms with Crippen LogP contribution in [-0.2, 0) is 4.74 Å². The lowest BCUT2D eigenvalue weighted by Crippen LogP contribution is -2.39. The second-order valence-electron chi connectivity index (χ2n) is 4.98. The van der Waals surface area contributed by atoms with Crippen molar-refractivity contribution in [1.29, 1.82) is 0 Å². The van der Waals surface area contributed by atoms with Gasteiger partial charge in [0.25, 0.3) is 0 Å². The smallest absolute Gasteiger partial charge is 0.119 e. The van der Waals surface area contributed by atoms with E-state index in [2.05, 4.69) is 19.2 Å². The third-order valence-electron chi connectivity index (χ3n) is 3.04. The Morgan fingerprint density at radius 2 is 1.67 bits per heavy atom. The number of methoxy groups -OCH3 is 1. The molecule has 1 rings (SSSR count). The van der Waals surface area contributed by atoms with Crippen molar-refractivity contribution in [2.24, 2.45) is 5.92 Å². The molecule has 0 saturated carbocycles. The lowest BCUT2D eigenvalue weighted by molar-refractivity contribution is 0.141. The molecule has 0 heterocycles. The molecule has 0 spiro atoms. The zero-order valence-corrected chi connectivity index (χ0v) is 11.5. The Morgan fingerprint density at radius 3 is 2.11 bits per heavy atom. The van der Waals surface area contributed by atoms with E-state index in [-0.39, 0.29) is 23.6 Å². The van der Waals surface area contributed by atoms with Crippen LogP contribution in [0.2, 0.25) is 0 Å². The minimum Gasteiger partial charge on any atom is -0.508 e. The number of hydrogen-bond acceptors (Lipinski definition) is 4. The maximum Gasteiger partial charge on any atom is 0.119 e. The van der Waals surface area contributed by atoms with Gasteiger partial charge in [-0.3, -0.25) is 0 Å². The largest absolute Gasteiger partial charge is 0.508 e. The number of rotatable bonds is 6. The molecule has 4 heteroatoms. The quantitative estimate of drug-likeness (QED) is 0.728. The van der Waals surface area contributed by atoms with Gasteiger partial charge in [0.15, 0.2) is 0 Å². The molecule has 0 amide bonds. The highest BCUT2D eigenvalue weighted by molar-refractivity contribution is 5.37.